The molecule has 0 unspecified atom stereocenters. The van der Waals surface area contributed by atoms with E-state index < -0.39 is 0 Å². The monoisotopic (exact) mass is 304 g/mol. The fraction of sp³-hybridized carbons (Fsp3) is 0.231. The maximum atomic E-state index is 12.3. The molecule has 0 aliphatic carbocycles. The Balaban J connectivity index is 1.95. The lowest BCUT2D eigenvalue weighted by molar-refractivity contribution is 0.0606. The van der Waals surface area contributed by atoms with E-state index in [0.29, 0.717) is 22.5 Å². The largest absolute Gasteiger partial charge is 0.465 e. The molecule has 3 rings (SSSR count). The Kier molecular flexibility index (Phi) is 3.30. The molecule has 108 valence electrons. The zero-order chi connectivity index (χ0) is 15.0. The minimum Gasteiger partial charge on any atom is -0.465 e. The SMILES string of the molecule is COC(=O)c1ccc(Cn2cnc3c(cnn3C)c2=O)s1. The van der Waals surface area contributed by atoms with Crippen LogP contribution in [0.1, 0.15) is 14.5 Å². The first-order valence-electron chi connectivity index (χ1n) is 6.14. The van der Waals surface area contributed by atoms with Crippen molar-refractivity contribution < 1.29 is 9.53 Å². The van der Waals surface area contributed by atoms with Gasteiger partial charge in [0.2, 0.25) is 0 Å². The summed E-state index contributed by atoms with van der Waals surface area (Å²) in [6, 6.07) is 3.49. The van der Waals surface area contributed by atoms with Crippen LogP contribution in [0.3, 0.4) is 0 Å². The Hall–Kier alpha value is -2.48. The second kappa shape index (κ2) is 5.13. The molecule has 0 atom stereocenters. The lowest BCUT2D eigenvalue weighted by atomic mass is 10.4. The third kappa shape index (κ3) is 2.33. The number of aromatic nitrogens is 4. The molecular weight excluding hydrogens is 292 g/mol. The van der Waals surface area contributed by atoms with E-state index in [2.05, 4.69) is 14.8 Å². The highest BCUT2D eigenvalue weighted by molar-refractivity contribution is 7.13. The summed E-state index contributed by atoms with van der Waals surface area (Å²) in [6.07, 6.45) is 3.00. The summed E-state index contributed by atoms with van der Waals surface area (Å²) in [6.45, 7) is 0.359. The molecule has 0 bridgehead atoms. The van der Waals surface area contributed by atoms with Gasteiger partial charge in [0, 0.05) is 11.9 Å². The van der Waals surface area contributed by atoms with E-state index in [1.165, 1.54) is 35.5 Å². The number of carbonyl (C=O) groups excluding carboxylic acids is 1. The van der Waals surface area contributed by atoms with Gasteiger partial charge in [-0.2, -0.15) is 5.10 Å². The number of rotatable bonds is 3. The van der Waals surface area contributed by atoms with Crippen molar-refractivity contribution in [3.8, 4) is 0 Å². The molecule has 0 saturated carbocycles. The highest BCUT2D eigenvalue weighted by atomic mass is 32.1. The maximum absolute atomic E-state index is 12.3. The molecule has 0 fully saturated rings. The highest BCUT2D eigenvalue weighted by Crippen LogP contribution is 2.18. The Bertz CT molecular complexity index is 877. The van der Waals surface area contributed by atoms with Gasteiger partial charge in [-0.25, -0.2) is 9.78 Å². The summed E-state index contributed by atoms with van der Waals surface area (Å²) in [5.41, 5.74) is 0.402. The second-order valence-electron chi connectivity index (χ2n) is 4.44. The summed E-state index contributed by atoms with van der Waals surface area (Å²) >= 11 is 1.30. The first kappa shape index (κ1) is 13.5. The molecule has 0 aromatic carbocycles. The van der Waals surface area contributed by atoms with E-state index in [4.69, 9.17) is 0 Å². The lowest BCUT2D eigenvalue weighted by Gasteiger charge is -2.03. The first-order valence-corrected chi connectivity index (χ1v) is 6.96. The molecular formula is C13H12N4O3S. The molecule has 3 heterocycles. The molecule has 0 spiro atoms. The van der Waals surface area contributed by atoms with E-state index in [9.17, 15) is 9.59 Å². The van der Waals surface area contributed by atoms with Crippen molar-refractivity contribution in [1.29, 1.82) is 0 Å². The molecule has 0 radical (unpaired) electrons. The van der Waals surface area contributed by atoms with Gasteiger partial charge in [-0.15, -0.1) is 11.3 Å². The molecule has 0 saturated heterocycles. The fourth-order valence-corrected chi connectivity index (χ4v) is 2.95. The Morgan fingerprint density at radius 3 is 3.00 bits per heavy atom. The first-order chi connectivity index (χ1) is 10.1. The van der Waals surface area contributed by atoms with Crippen LogP contribution in [0.5, 0.6) is 0 Å². The van der Waals surface area contributed by atoms with Gasteiger partial charge in [0.05, 0.1) is 19.9 Å². The summed E-state index contributed by atoms with van der Waals surface area (Å²) in [7, 11) is 3.08. The van der Waals surface area contributed by atoms with Crippen molar-refractivity contribution in [3.63, 3.8) is 0 Å². The Morgan fingerprint density at radius 2 is 2.24 bits per heavy atom. The molecule has 0 N–H and O–H groups in total. The van der Waals surface area contributed by atoms with Crippen LogP contribution >= 0.6 is 11.3 Å². The van der Waals surface area contributed by atoms with Crippen LogP contribution in [0.15, 0.2) is 29.5 Å². The van der Waals surface area contributed by atoms with Gasteiger partial charge in [-0.05, 0) is 12.1 Å². The van der Waals surface area contributed by atoms with Crippen LogP contribution in [0, 0.1) is 0 Å². The average Bonchev–Trinajstić information content (AvgIpc) is 3.09. The second-order valence-corrected chi connectivity index (χ2v) is 5.61. The van der Waals surface area contributed by atoms with E-state index >= 15 is 0 Å². The van der Waals surface area contributed by atoms with Gasteiger partial charge in [-0.3, -0.25) is 14.0 Å². The minimum atomic E-state index is -0.376. The number of carbonyl (C=O) groups is 1. The van der Waals surface area contributed by atoms with Crippen molar-refractivity contribution in [3.05, 3.63) is 44.8 Å². The van der Waals surface area contributed by atoms with Crippen LogP contribution in [0.25, 0.3) is 11.0 Å². The number of fused-ring (bicyclic) bond motifs is 1. The van der Waals surface area contributed by atoms with Crippen molar-refractivity contribution >= 4 is 28.3 Å². The van der Waals surface area contributed by atoms with Crippen LogP contribution in [-0.4, -0.2) is 32.4 Å². The number of methoxy groups -OCH3 is 1. The number of nitrogens with zero attached hydrogens (tertiary/aromatic N) is 4. The van der Waals surface area contributed by atoms with Gasteiger partial charge >= 0.3 is 5.97 Å². The van der Waals surface area contributed by atoms with Crippen molar-refractivity contribution in [2.75, 3.05) is 7.11 Å². The molecule has 21 heavy (non-hydrogen) atoms. The van der Waals surface area contributed by atoms with Crippen molar-refractivity contribution in [2.24, 2.45) is 7.05 Å². The molecule has 3 aromatic heterocycles. The standard InChI is InChI=1S/C13H12N4O3S/c1-16-11-9(5-15-16)12(18)17(7-14-11)6-8-3-4-10(21-8)13(19)20-2/h3-5,7H,6H2,1-2H3. The third-order valence-electron chi connectivity index (χ3n) is 3.09. The molecule has 0 aliphatic heterocycles. The minimum absolute atomic E-state index is 0.152. The topological polar surface area (TPSA) is 79.0 Å². The predicted octanol–water partition coefficient (Wildman–Crippen LogP) is 1.03. The third-order valence-corrected chi connectivity index (χ3v) is 4.14. The molecule has 0 amide bonds. The van der Waals surface area contributed by atoms with Gasteiger partial charge in [0.1, 0.15) is 16.6 Å². The van der Waals surface area contributed by atoms with Crippen LogP contribution < -0.4 is 5.56 Å². The predicted molar refractivity (Wildman–Crippen MR) is 77.5 cm³/mol. The summed E-state index contributed by atoms with van der Waals surface area (Å²) in [4.78, 5) is 29.4. The number of esters is 1. The van der Waals surface area contributed by atoms with E-state index in [1.54, 1.807) is 23.9 Å². The molecule has 8 heteroatoms. The summed E-state index contributed by atoms with van der Waals surface area (Å²) in [5, 5.41) is 4.50. The van der Waals surface area contributed by atoms with Crippen LogP contribution in [-0.2, 0) is 18.3 Å². The van der Waals surface area contributed by atoms with E-state index in [1.807, 2.05) is 0 Å². The Morgan fingerprint density at radius 1 is 1.43 bits per heavy atom. The fourth-order valence-electron chi connectivity index (χ4n) is 2.02. The van der Waals surface area contributed by atoms with Gasteiger partial charge < -0.3 is 4.74 Å². The zero-order valence-corrected chi connectivity index (χ0v) is 12.3. The number of thiophene rings is 1. The summed E-state index contributed by atoms with van der Waals surface area (Å²) < 4.78 is 7.72. The molecule has 0 aliphatic rings. The smallest absolute Gasteiger partial charge is 0.348 e. The molecule has 7 nitrogen and oxygen atoms in total. The Labute approximate surface area is 123 Å². The van der Waals surface area contributed by atoms with Gasteiger partial charge in [-0.1, -0.05) is 0 Å². The average molecular weight is 304 g/mol. The molecule has 3 aromatic rings. The number of aryl methyl sites for hydroxylation is 1. The van der Waals surface area contributed by atoms with Crippen molar-refractivity contribution in [2.45, 2.75) is 6.54 Å². The van der Waals surface area contributed by atoms with E-state index in [-0.39, 0.29) is 11.5 Å². The van der Waals surface area contributed by atoms with Crippen molar-refractivity contribution in [1.82, 2.24) is 19.3 Å². The number of ether oxygens (including phenoxy) is 1. The zero-order valence-electron chi connectivity index (χ0n) is 11.4. The van der Waals surface area contributed by atoms with Gasteiger partial charge in [0.15, 0.2) is 5.65 Å². The van der Waals surface area contributed by atoms with E-state index in [0.717, 1.165) is 4.88 Å². The van der Waals surface area contributed by atoms with Crippen LogP contribution in [0.4, 0.5) is 0 Å². The number of hydrogen-bond donors (Lipinski definition) is 0. The van der Waals surface area contributed by atoms with Gasteiger partial charge in [0.25, 0.3) is 5.56 Å². The quantitative estimate of drug-likeness (QED) is 0.675. The number of hydrogen-bond acceptors (Lipinski definition) is 6. The maximum Gasteiger partial charge on any atom is 0.348 e. The lowest BCUT2D eigenvalue weighted by Crippen LogP contribution is -2.20. The van der Waals surface area contributed by atoms with Crippen LogP contribution in [0.2, 0.25) is 0 Å². The summed E-state index contributed by atoms with van der Waals surface area (Å²) in [5.74, 6) is -0.376. The highest BCUT2D eigenvalue weighted by Gasteiger charge is 2.12. The normalized spacial score (nSPS) is 11.0.